The van der Waals surface area contributed by atoms with Crippen molar-refractivity contribution in [3.05, 3.63) is 111 Å². The molecule has 5 rings (SSSR count). The number of nitrogens with zero attached hydrogens (tertiary/aromatic N) is 2. The maximum atomic E-state index is 13.5. The van der Waals surface area contributed by atoms with Gasteiger partial charge in [-0.25, -0.2) is 0 Å². The fourth-order valence-electron chi connectivity index (χ4n) is 4.53. The largest absolute Gasteiger partial charge is 0.356 e. The van der Waals surface area contributed by atoms with E-state index in [1.165, 1.54) is 17.7 Å². The zero-order valence-electron chi connectivity index (χ0n) is 17.0. The minimum Gasteiger partial charge on any atom is -0.356 e. The quantitative estimate of drug-likeness (QED) is 0.373. The van der Waals surface area contributed by atoms with Gasteiger partial charge < -0.3 is 9.88 Å². The average Bonchev–Trinajstić information content (AvgIpc) is 3.17. The van der Waals surface area contributed by atoms with E-state index in [0.717, 1.165) is 34.1 Å². The first kappa shape index (κ1) is 19.1. The van der Waals surface area contributed by atoms with Gasteiger partial charge in [0.15, 0.2) is 0 Å². The fourth-order valence-corrected chi connectivity index (χ4v) is 4.53. The molecule has 154 valence electrons. The second-order valence-electron chi connectivity index (χ2n) is 7.93. The number of amides is 1. The highest BCUT2D eigenvalue weighted by molar-refractivity contribution is 5.95. The number of aromatic amines is 1. The number of hydrogen-bond acceptors (Lipinski definition) is 3. The Morgan fingerprint density at radius 2 is 1.84 bits per heavy atom. The molecule has 0 saturated heterocycles. The lowest BCUT2D eigenvalue weighted by Gasteiger charge is -2.36. The zero-order chi connectivity index (χ0) is 21.5. The third-order valence-corrected chi connectivity index (χ3v) is 5.98. The van der Waals surface area contributed by atoms with Crippen LogP contribution in [0, 0.1) is 17.0 Å². The normalized spacial score (nSPS) is 15.6. The Bertz CT molecular complexity index is 1310. The Morgan fingerprint density at radius 1 is 1.06 bits per heavy atom. The van der Waals surface area contributed by atoms with Gasteiger partial charge in [0.1, 0.15) is 0 Å². The molecular weight excluding hydrogens is 390 g/mol. The van der Waals surface area contributed by atoms with E-state index in [1.807, 2.05) is 54.3 Å². The molecule has 1 unspecified atom stereocenters. The molecule has 1 aromatic heterocycles. The van der Waals surface area contributed by atoms with Gasteiger partial charge in [0.25, 0.3) is 11.6 Å². The van der Waals surface area contributed by atoms with Crippen molar-refractivity contribution in [3.8, 4) is 0 Å². The number of nitro groups is 1. The van der Waals surface area contributed by atoms with Gasteiger partial charge in [-0.1, -0.05) is 35.9 Å². The number of carbonyl (C=O) groups is 1. The van der Waals surface area contributed by atoms with E-state index in [4.69, 9.17) is 0 Å². The molecular formula is C25H21N3O3. The van der Waals surface area contributed by atoms with Crippen LogP contribution in [0.1, 0.15) is 38.8 Å². The van der Waals surface area contributed by atoms with Crippen LogP contribution < -0.4 is 0 Å². The van der Waals surface area contributed by atoms with Crippen molar-refractivity contribution in [3.63, 3.8) is 0 Å². The van der Waals surface area contributed by atoms with Gasteiger partial charge in [0.2, 0.25) is 0 Å². The molecule has 1 N–H and O–H groups in total. The van der Waals surface area contributed by atoms with Gasteiger partial charge in [-0.3, -0.25) is 14.9 Å². The molecule has 0 saturated carbocycles. The molecule has 0 fully saturated rings. The molecule has 0 radical (unpaired) electrons. The second kappa shape index (κ2) is 7.40. The molecule has 1 atom stereocenters. The number of aryl methyl sites for hydroxylation is 1. The van der Waals surface area contributed by atoms with Crippen molar-refractivity contribution in [2.45, 2.75) is 19.4 Å². The number of aromatic nitrogens is 1. The van der Waals surface area contributed by atoms with Crippen molar-refractivity contribution in [1.82, 2.24) is 9.88 Å². The van der Waals surface area contributed by atoms with Crippen molar-refractivity contribution in [2.75, 3.05) is 6.54 Å². The minimum absolute atomic E-state index is 0.0352. The highest BCUT2D eigenvalue weighted by Crippen LogP contribution is 2.39. The van der Waals surface area contributed by atoms with Crippen molar-refractivity contribution in [1.29, 1.82) is 0 Å². The smallest absolute Gasteiger partial charge is 0.269 e. The Kier molecular flexibility index (Phi) is 4.55. The lowest BCUT2D eigenvalue weighted by Crippen LogP contribution is -2.40. The number of nitro benzene ring substituents is 1. The number of benzene rings is 3. The Hall–Kier alpha value is -3.93. The van der Waals surface area contributed by atoms with E-state index in [9.17, 15) is 14.9 Å². The third kappa shape index (κ3) is 3.26. The first-order valence-corrected chi connectivity index (χ1v) is 10.2. The molecule has 2 heterocycles. The molecule has 6 nitrogen and oxygen atoms in total. The fraction of sp³-hybridized carbons (Fsp3) is 0.160. The molecule has 0 aliphatic carbocycles. The molecule has 3 aromatic carbocycles. The first-order valence-electron chi connectivity index (χ1n) is 10.2. The van der Waals surface area contributed by atoms with E-state index < -0.39 is 4.92 Å². The van der Waals surface area contributed by atoms with E-state index in [2.05, 4.69) is 11.1 Å². The number of nitrogens with one attached hydrogen (secondary N) is 1. The van der Waals surface area contributed by atoms with Crippen molar-refractivity contribution < 1.29 is 9.72 Å². The van der Waals surface area contributed by atoms with Crippen molar-refractivity contribution in [2.24, 2.45) is 0 Å². The lowest BCUT2D eigenvalue weighted by atomic mass is 9.91. The van der Waals surface area contributed by atoms with Crippen LogP contribution >= 0.6 is 0 Å². The van der Waals surface area contributed by atoms with Crippen LogP contribution in [0.2, 0.25) is 0 Å². The highest BCUT2D eigenvalue weighted by atomic mass is 16.6. The van der Waals surface area contributed by atoms with E-state index in [-0.39, 0.29) is 17.6 Å². The van der Waals surface area contributed by atoms with E-state index in [0.29, 0.717) is 12.1 Å². The van der Waals surface area contributed by atoms with Crippen LogP contribution in [0.3, 0.4) is 0 Å². The van der Waals surface area contributed by atoms with Gasteiger partial charge in [-0.15, -0.1) is 0 Å². The van der Waals surface area contributed by atoms with Gasteiger partial charge >= 0.3 is 0 Å². The van der Waals surface area contributed by atoms with Gasteiger partial charge in [-0.05, 0) is 54.8 Å². The predicted octanol–water partition coefficient (Wildman–Crippen LogP) is 5.17. The average molecular weight is 411 g/mol. The Labute approximate surface area is 179 Å². The number of fused-ring (bicyclic) bond motifs is 3. The van der Waals surface area contributed by atoms with Crippen LogP contribution in [-0.4, -0.2) is 27.3 Å². The van der Waals surface area contributed by atoms with Crippen LogP contribution in [-0.2, 0) is 6.42 Å². The standard InChI is InChI=1S/C25H21N3O3/c1-16-5-4-6-18(15-16)25(29)27-14-13-21-20-7-2-3-8-22(20)26-23(21)24(27)17-9-11-19(12-10-17)28(30)31/h2-12,15,24,26H,13-14H2,1H3. The number of H-pyrrole nitrogens is 1. The molecule has 1 aliphatic rings. The SMILES string of the molecule is Cc1cccc(C(=O)N2CCc3c([nH]c4ccccc34)C2c2ccc([N+](=O)[O-])cc2)c1. The lowest BCUT2D eigenvalue weighted by molar-refractivity contribution is -0.384. The summed E-state index contributed by atoms with van der Waals surface area (Å²) in [5.41, 5.74) is 5.76. The summed E-state index contributed by atoms with van der Waals surface area (Å²) < 4.78 is 0. The Balaban J connectivity index is 1.65. The Morgan fingerprint density at radius 3 is 2.58 bits per heavy atom. The summed E-state index contributed by atoms with van der Waals surface area (Å²) >= 11 is 0. The molecule has 1 aliphatic heterocycles. The van der Waals surface area contributed by atoms with Gasteiger partial charge in [0.05, 0.1) is 11.0 Å². The molecule has 4 aromatic rings. The maximum Gasteiger partial charge on any atom is 0.269 e. The van der Waals surface area contributed by atoms with Crippen LogP contribution in [0.4, 0.5) is 5.69 Å². The number of rotatable bonds is 3. The van der Waals surface area contributed by atoms with Crippen molar-refractivity contribution >= 4 is 22.5 Å². The number of carbonyl (C=O) groups excluding carboxylic acids is 1. The van der Waals surface area contributed by atoms with Crippen LogP contribution in [0.5, 0.6) is 0 Å². The zero-order valence-corrected chi connectivity index (χ0v) is 17.0. The summed E-state index contributed by atoms with van der Waals surface area (Å²) in [6, 6.07) is 21.9. The van der Waals surface area contributed by atoms with Gasteiger partial charge in [-0.2, -0.15) is 0 Å². The van der Waals surface area contributed by atoms with Gasteiger partial charge in [0, 0.05) is 40.8 Å². The first-order chi connectivity index (χ1) is 15.0. The summed E-state index contributed by atoms with van der Waals surface area (Å²) in [5.74, 6) is -0.0450. The number of non-ortho nitro benzene ring substituents is 1. The van der Waals surface area contributed by atoms with Crippen LogP contribution in [0.15, 0.2) is 72.8 Å². The summed E-state index contributed by atoms with van der Waals surface area (Å²) in [6.45, 7) is 2.54. The molecule has 0 spiro atoms. The topological polar surface area (TPSA) is 79.2 Å². The third-order valence-electron chi connectivity index (χ3n) is 5.98. The predicted molar refractivity (Wildman–Crippen MR) is 119 cm³/mol. The maximum absolute atomic E-state index is 13.5. The molecule has 31 heavy (non-hydrogen) atoms. The minimum atomic E-state index is -0.408. The monoisotopic (exact) mass is 411 g/mol. The summed E-state index contributed by atoms with van der Waals surface area (Å²) in [5, 5.41) is 12.3. The molecule has 6 heteroatoms. The summed E-state index contributed by atoms with van der Waals surface area (Å²) in [4.78, 5) is 29.7. The second-order valence-corrected chi connectivity index (χ2v) is 7.93. The number of hydrogen-bond donors (Lipinski definition) is 1. The highest BCUT2D eigenvalue weighted by Gasteiger charge is 2.35. The number of para-hydroxylation sites is 1. The molecule has 0 bridgehead atoms. The van der Waals surface area contributed by atoms with E-state index in [1.54, 1.807) is 12.1 Å². The molecule has 1 amide bonds. The van der Waals surface area contributed by atoms with Crippen LogP contribution in [0.25, 0.3) is 10.9 Å². The van der Waals surface area contributed by atoms with E-state index >= 15 is 0 Å². The summed E-state index contributed by atoms with van der Waals surface area (Å²) in [7, 11) is 0. The summed E-state index contributed by atoms with van der Waals surface area (Å²) in [6.07, 6.45) is 0.750.